The van der Waals surface area contributed by atoms with Crippen molar-refractivity contribution in [2.24, 2.45) is 0 Å². The summed E-state index contributed by atoms with van der Waals surface area (Å²) in [6.45, 7) is 2.90. The van der Waals surface area contributed by atoms with Gasteiger partial charge in [0.2, 0.25) is 0 Å². The molecule has 4 heteroatoms. The molecule has 0 aromatic heterocycles. The largest absolute Gasteiger partial charge is 0.497 e. The van der Waals surface area contributed by atoms with Crippen LogP contribution in [-0.2, 0) is 11.2 Å². The summed E-state index contributed by atoms with van der Waals surface area (Å²) in [5.74, 6) is 0.924. The first-order chi connectivity index (χ1) is 15.2. The van der Waals surface area contributed by atoms with Gasteiger partial charge in [0.25, 0.3) is 0 Å². The van der Waals surface area contributed by atoms with Gasteiger partial charge in [0, 0.05) is 17.6 Å². The van der Waals surface area contributed by atoms with E-state index in [-0.39, 0.29) is 6.10 Å². The Morgan fingerprint density at radius 3 is 2.52 bits per heavy atom. The van der Waals surface area contributed by atoms with Crippen molar-refractivity contribution in [2.45, 2.75) is 31.4 Å². The highest BCUT2D eigenvalue weighted by atomic mass is 35.5. The molecule has 0 N–H and O–H groups in total. The van der Waals surface area contributed by atoms with Gasteiger partial charge in [-0.25, -0.2) is 0 Å². The van der Waals surface area contributed by atoms with Gasteiger partial charge in [0.05, 0.1) is 13.7 Å². The Balaban J connectivity index is 1.40. The second-order valence-corrected chi connectivity index (χ2v) is 8.55. The molecule has 0 aliphatic carbocycles. The smallest absolute Gasteiger partial charge is 0.119 e. The van der Waals surface area contributed by atoms with Gasteiger partial charge in [-0.3, -0.25) is 4.90 Å². The lowest BCUT2D eigenvalue weighted by atomic mass is 10.0. The average Bonchev–Trinajstić information content (AvgIpc) is 3.27. The van der Waals surface area contributed by atoms with Gasteiger partial charge in [-0.1, -0.05) is 66.2 Å². The zero-order valence-corrected chi connectivity index (χ0v) is 18.8. The third-order valence-corrected chi connectivity index (χ3v) is 6.30. The minimum absolute atomic E-state index is 0.0840. The molecule has 3 aromatic rings. The van der Waals surface area contributed by atoms with Crippen molar-refractivity contribution >= 4 is 11.6 Å². The Labute approximate surface area is 190 Å². The van der Waals surface area contributed by atoms with Crippen LogP contribution in [0.4, 0.5) is 0 Å². The molecule has 0 radical (unpaired) electrons. The van der Waals surface area contributed by atoms with E-state index in [9.17, 15) is 0 Å². The van der Waals surface area contributed by atoms with E-state index in [1.807, 2.05) is 24.3 Å². The molecule has 1 heterocycles. The number of halogens is 1. The summed E-state index contributed by atoms with van der Waals surface area (Å²) in [7, 11) is 1.72. The molecule has 31 heavy (non-hydrogen) atoms. The summed E-state index contributed by atoms with van der Waals surface area (Å²) in [6, 6.07) is 27.3. The zero-order valence-electron chi connectivity index (χ0n) is 18.0. The van der Waals surface area contributed by atoms with Crippen molar-refractivity contribution < 1.29 is 9.47 Å². The highest BCUT2D eigenvalue weighted by Crippen LogP contribution is 2.29. The Bertz CT molecular complexity index is 945. The minimum Gasteiger partial charge on any atom is -0.497 e. The molecule has 1 aliphatic heterocycles. The monoisotopic (exact) mass is 435 g/mol. The quantitative estimate of drug-likeness (QED) is 0.401. The number of likely N-dealkylation sites (tertiary alicyclic amines) is 1. The van der Waals surface area contributed by atoms with Gasteiger partial charge in [-0.05, 0) is 66.8 Å². The molecule has 0 saturated carbocycles. The number of methoxy groups -OCH3 is 1. The molecule has 1 saturated heterocycles. The third-order valence-electron chi connectivity index (χ3n) is 6.05. The molecule has 4 rings (SSSR count). The predicted octanol–water partition coefficient (Wildman–Crippen LogP) is 6.16. The van der Waals surface area contributed by atoms with Gasteiger partial charge in [-0.15, -0.1) is 0 Å². The maximum atomic E-state index is 6.55. The topological polar surface area (TPSA) is 21.7 Å². The van der Waals surface area contributed by atoms with Crippen LogP contribution < -0.4 is 4.74 Å². The van der Waals surface area contributed by atoms with E-state index in [0.717, 1.165) is 42.5 Å². The number of hydrogen-bond acceptors (Lipinski definition) is 3. The third kappa shape index (κ3) is 5.88. The standard InChI is InChI=1S/C27H30ClNO2/c1-30-26-11-5-7-21(19-26)16-18-29-17-6-10-25(29)20-31-27(22-8-3-2-4-9-22)23-12-14-24(28)15-13-23/h2-5,7-9,11-15,19,25,27H,6,10,16-18,20H2,1H3/t25-,27?/m0/s1. The van der Waals surface area contributed by atoms with Crippen molar-refractivity contribution in [3.8, 4) is 5.75 Å². The summed E-state index contributed by atoms with van der Waals surface area (Å²) in [5.41, 5.74) is 3.62. The van der Waals surface area contributed by atoms with E-state index >= 15 is 0 Å². The fourth-order valence-electron chi connectivity index (χ4n) is 4.34. The molecule has 0 bridgehead atoms. The molecule has 2 atom stereocenters. The second kappa shape index (κ2) is 10.8. The molecule has 0 amide bonds. The van der Waals surface area contributed by atoms with E-state index in [4.69, 9.17) is 21.1 Å². The molecular weight excluding hydrogens is 406 g/mol. The van der Waals surface area contributed by atoms with Crippen LogP contribution in [0.3, 0.4) is 0 Å². The minimum atomic E-state index is -0.0840. The highest BCUT2D eigenvalue weighted by Gasteiger charge is 2.26. The molecule has 3 nitrogen and oxygen atoms in total. The number of benzene rings is 3. The van der Waals surface area contributed by atoms with Crippen LogP contribution >= 0.6 is 11.6 Å². The fourth-order valence-corrected chi connectivity index (χ4v) is 4.46. The van der Waals surface area contributed by atoms with Crippen LogP contribution in [0.15, 0.2) is 78.9 Å². The first-order valence-corrected chi connectivity index (χ1v) is 11.4. The number of hydrogen-bond donors (Lipinski definition) is 0. The highest BCUT2D eigenvalue weighted by molar-refractivity contribution is 6.30. The molecule has 0 spiro atoms. The summed E-state index contributed by atoms with van der Waals surface area (Å²) >= 11 is 6.11. The number of nitrogens with zero attached hydrogens (tertiary/aromatic N) is 1. The second-order valence-electron chi connectivity index (χ2n) is 8.11. The molecule has 162 valence electrons. The van der Waals surface area contributed by atoms with E-state index in [2.05, 4.69) is 59.5 Å². The number of rotatable bonds is 9. The fraction of sp³-hybridized carbons (Fsp3) is 0.333. The van der Waals surface area contributed by atoms with E-state index in [1.54, 1.807) is 7.11 Å². The zero-order chi connectivity index (χ0) is 21.5. The van der Waals surface area contributed by atoms with Crippen LogP contribution in [0.2, 0.25) is 5.02 Å². The Morgan fingerprint density at radius 1 is 0.968 bits per heavy atom. The molecule has 1 aliphatic rings. The first-order valence-electron chi connectivity index (χ1n) is 11.0. The Hall–Kier alpha value is -2.33. The van der Waals surface area contributed by atoms with Crippen LogP contribution in [0.25, 0.3) is 0 Å². The predicted molar refractivity (Wildman–Crippen MR) is 127 cm³/mol. The molecule has 1 fully saturated rings. The van der Waals surface area contributed by atoms with Crippen molar-refractivity contribution in [1.29, 1.82) is 0 Å². The molecular formula is C27H30ClNO2. The lowest BCUT2D eigenvalue weighted by Crippen LogP contribution is -2.35. The van der Waals surface area contributed by atoms with Crippen LogP contribution in [0.1, 0.15) is 35.6 Å². The van der Waals surface area contributed by atoms with Gasteiger partial charge in [0.1, 0.15) is 11.9 Å². The Morgan fingerprint density at radius 2 is 1.74 bits per heavy atom. The maximum absolute atomic E-state index is 6.55. The van der Waals surface area contributed by atoms with Gasteiger partial charge >= 0.3 is 0 Å². The van der Waals surface area contributed by atoms with E-state index in [1.165, 1.54) is 24.0 Å². The van der Waals surface area contributed by atoms with E-state index in [0.29, 0.717) is 6.04 Å². The Kier molecular flexibility index (Phi) is 7.63. The van der Waals surface area contributed by atoms with Gasteiger partial charge in [-0.2, -0.15) is 0 Å². The average molecular weight is 436 g/mol. The maximum Gasteiger partial charge on any atom is 0.119 e. The van der Waals surface area contributed by atoms with Crippen LogP contribution in [0.5, 0.6) is 5.75 Å². The SMILES string of the molecule is COc1cccc(CCN2CCC[C@H]2COC(c2ccccc2)c2ccc(Cl)cc2)c1. The van der Waals surface area contributed by atoms with Crippen LogP contribution in [-0.4, -0.2) is 37.7 Å². The first kappa shape index (κ1) is 21.9. The summed E-state index contributed by atoms with van der Waals surface area (Å²) in [4.78, 5) is 2.57. The van der Waals surface area contributed by atoms with Gasteiger partial charge in [0.15, 0.2) is 0 Å². The number of ether oxygens (including phenoxy) is 2. The van der Waals surface area contributed by atoms with Crippen LogP contribution in [0, 0.1) is 0 Å². The van der Waals surface area contributed by atoms with Gasteiger partial charge < -0.3 is 9.47 Å². The summed E-state index contributed by atoms with van der Waals surface area (Å²) in [5, 5.41) is 0.745. The lowest BCUT2D eigenvalue weighted by Gasteiger charge is -2.27. The van der Waals surface area contributed by atoms with Crippen molar-refractivity contribution in [3.05, 3.63) is 101 Å². The molecule has 3 aromatic carbocycles. The molecule has 1 unspecified atom stereocenters. The summed E-state index contributed by atoms with van der Waals surface area (Å²) < 4.78 is 11.9. The van der Waals surface area contributed by atoms with E-state index < -0.39 is 0 Å². The lowest BCUT2D eigenvalue weighted by molar-refractivity contribution is 0.0381. The normalized spacial score (nSPS) is 17.5. The van der Waals surface area contributed by atoms with Crippen molar-refractivity contribution in [1.82, 2.24) is 4.90 Å². The summed E-state index contributed by atoms with van der Waals surface area (Å²) in [6.07, 6.45) is 3.34. The van der Waals surface area contributed by atoms with Crippen molar-refractivity contribution in [2.75, 3.05) is 26.8 Å². The van der Waals surface area contributed by atoms with Crippen molar-refractivity contribution in [3.63, 3.8) is 0 Å².